The first-order chi connectivity index (χ1) is 18.4. The number of ether oxygens (including phenoxy) is 1. The van der Waals surface area contributed by atoms with Crippen molar-refractivity contribution in [2.45, 2.75) is 31.7 Å². The summed E-state index contributed by atoms with van der Waals surface area (Å²) >= 11 is 0. The summed E-state index contributed by atoms with van der Waals surface area (Å²) in [6.45, 7) is 2.87. The topological polar surface area (TPSA) is 155 Å². The maximum Gasteiger partial charge on any atom is 0.472 e. The van der Waals surface area contributed by atoms with Gasteiger partial charge >= 0.3 is 12.1 Å². The second-order valence-electron chi connectivity index (χ2n) is 8.93. The fourth-order valence-electron chi connectivity index (χ4n) is 3.70. The molecule has 0 radical (unpaired) electrons. The lowest BCUT2D eigenvalue weighted by atomic mass is 10.00. The zero-order chi connectivity index (χ0) is 28.4. The number of fused-ring (bicyclic) bond motifs is 1. The first-order valence-electron chi connectivity index (χ1n) is 11.5. The van der Waals surface area contributed by atoms with Crippen LogP contribution in [0.3, 0.4) is 0 Å². The number of Topliss-reactive ketones (excluding diaryl/α,β-unsaturated/α-hetero) is 1. The molecule has 0 bridgehead atoms. The van der Waals surface area contributed by atoms with Crippen molar-refractivity contribution < 1.29 is 37.4 Å². The number of nitrogens with zero attached hydrogens (tertiary/aromatic N) is 2. The van der Waals surface area contributed by atoms with Gasteiger partial charge in [-0.2, -0.15) is 18.2 Å². The van der Waals surface area contributed by atoms with Crippen LogP contribution in [-0.4, -0.2) is 51.1 Å². The molecule has 1 atom stereocenters. The third-order valence-corrected chi connectivity index (χ3v) is 5.67. The summed E-state index contributed by atoms with van der Waals surface area (Å²) in [5.41, 5.74) is 3.12. The van der Waals surface area contributed by atoms with Crippen molar-refractivity contribution in [3.8, 4) is 5.75 Å². The van der Waals surface area contributed by atoms with Crippen molar-refractivity contribution in [2.24, 2.45) is 0 Å². The van der Waals surface area contributed by atoms with Crippen molar-refractivity contribution >= 4 is 35.1 Å². The van der Waals surface area contributed by atoms with Crippen molar-refractivity contribution in [3.63, 3.8) is 0 Å². The molecule has 0 aliphatic carbocycles. The Morgan fingerprint density at radius 3 is 2.49 bits per heavy atom. The van der Waals surface area contributed by atoms with E-state index in [1.165, 1.54) is 5.43 Å². The molecule has 11 nitrogen and oxygen atoms in total. The average molecular weight is 544 g/mol. The molecule has 0 unspecified atom stereocenters. The molecule has 2 heterocycles. The summed E-state index contributed by atoms with van der Waals surface area (Å²) in [4.78, 5) is 44.5. The molecule has 4 rings (SSSR count). The van der Waals surface area contributed by atoms with Gasteiger partial charge in [-0.1, -0.05) is 30.3 Å². The zero-order valence-corrected chi connectivity index (χ0v) is 20.6. The Kier molecular flexibility index (Phi) is 7.40. The van der Waals surface area contributed by atoms with Crippen LogP contribution in [0.1, 0.15) is 46.2 Å². The van der Waals surface area contributed by atoms with Gasteiger partial charge in [0.15, 0.2) is 5.60 Å². The fraction of sp³-hybridized carbons (Fsp3) is 0.240. The molecule has 3 aromatic rings. The first-order valence-corrected chi connectivity index (χ1v) is 11.5. The maximum absolute atomic E-state index is 12.6. The third kappa shape index (κ3) is 6.06. The highest BCUT2D eigenvalue weighted by molar-refractivity contribution is 6.07. The summed E-state index contributed by atoms with van der Waals surface area (Å²) < 4.78 is 43.3. The van der Waals surface area contributed by atoms with E-state index in [1.807, 2.05) is 0 Å². The number of hydrogen-bond acceptors (Lipinski definition) is 9. The summed E-state index contributed by atoms with van der Waals surface area (Å²) in [6, 6.07) is 12.7. The second-order valence-corrected chi connectivity index (χ2v) is 8.93. The number of hydrazine groups is 1. The van der Waals surface area contributed by atoms with Crippen LogP contribution in [0.15, 0.2) is 54.7 Å². The average Bonchev–Trinajstić information content (AvgIpc) is 3.12. The van der Waals surface area contributed by atoms with Crippen molar-refractivity contribution in [1.82, 2.24) is 20.8 Å². The number of ketones is 1. The number of amides is 2. The van der Waals surface area contributed by atoms with E-state index in [-0.39, 0.29) is 23.1 Å². The van der Waals surface area contributed by atoms with Gasteiger partial charge in [0.05, 0.1) is 18.2 Å². The van der Waals surface area contributed by atoms with E-state index in [4.69, 9.17) is 4.74 Å². The Bertz CT molecular complexity index is 1420. The number of halogens is 3. The van der Waals surface area contributed by atoms with Crippen LogP contribution >= 0.6 is 0 Å². The summed E-state index contributed by atoms with van der Waals surface area (Å²) in [5, 5.41) is 15.8. The van der Waals surface area contributed by atoms with Crippen LogP contribution in [0.5, 0.6) is 5.75 Å². The molecule has 14 heteroatoms. The van der Waals surface area contributed by atoms with Crippen LogP contribution in [0.25, 0.3) is 0 Å². The Hall–Kier alpha value is -4.72. The van der Waals surface area contributed by atoms with Gasteiger partial charge in [-0.05, 0) is 31.5 Å². The second kappa shape index (κ2) is 10.6. The van der Waals surface area contributed by atoms with Gasteiger partial charge in [0.25, 0.3) is 5.91 Å². The molecular formula is C25H23F3N6O5. The molecule has 2 amide bonds. The minimum Gasteiger partial charge on any atom is -0.479 e. The van der Waals surface area contributed by atoms with Crippen molar-refractivity contribution in [2.75, 3.05) is 17.2 Å². The van der Waals surface area contributed by atoms with E-state index in [0.717, 1.165) is 6.20 Å². The number of nitrogens with one attached hydrogen (secondary N) is 4. The van der Waals surface area contributed by atoms with Gasteiger partial charge in [-0.15, -0.1) is 0 Å². The number of benzene rings is 2. The van der Waals surface area contributed by atoms with Crippen LogP contribution in [0.2, 0.25) is 0 Å². The standard InChI is InChI=1S/C25H23F3N6O5/c1-24(2)19(36)15-9-8-14(10-18(15)39-24)30-23-29-11-16(21(37)33-34-22(38)25(26,27)28)20(32-23)31-17(12-35)13-6-4-3-5-7-13/h3-11,17,35H,12H2,1-2H3,(H,33,37)(H,34,38)(H2,29,30,31,32)/t17-/m1/s1. The van der Waals surface area contributed by atoms with E-state index in [0.29, 0.717) is 22.6 Å². The van der Waals surface area contributed by atoms with Crippen molar-refractivity contribution in [1.29, 1.82) is 0 Å². The SMILES string of the molecule is CC1(C)Oc2cc(Nc3ncc(C(=O)NNC(=O)C(F)(F)F)c(N[C@H](CO)c4ccccc4)n3)ccc2C1=O. The zero-order valence-electron chi connectivity index (χ0n) is 20.6. The number of carbonyl (C=O) groups is 3. The van der Waals surface area contributed by atoms with Gasteiger partial charge in [-0.3, -0.25) is 25.2 Å². The van der Waals surface area contributed by atoms with E-state index in [1.54, 1.807) is 67.8 Å². The number of aliphatic hydroxyl groups excluding tert-OH is 1. The van der Waals surface area contributed by atoms with Crippen LogP contribution in [-0.2, 0) is 4.79 Å². The summed E-state index contributed by atoms with van der Waals surface area (Å²) in [5.74, 6) is -3.50. The predicted molar refractivity (Wildman–Crippen MR) is 132 cm³/mol. The molecule has 0 spiro atoms. The molecule has 1 aliphatic heterocycles. The van der Waals surface area contributed by atoms with Gasteiger partial charge in [0, 0.05) is 18.0 Å². The van der Waals surface area contributed by atoms with E-state index < -0.39 is 36.2 Å². The number of hydrogen-bond donors (Lipinski definition) is 5. The predicted octanol–water partition coefficient (Wildman–Crippen LogP) is 3.04. The molecule has 5 N–H and O–H groups in total. The van der Waals surface area contributed by atoms with Gasteiger partial charge in [0.1, 0.15) is 17.1 Å². The highest BCUT2D eigenvalue weighted by Crippen LogP contribution is 2.37. The molecule has 1 aliphatic rings. The molecule has 0 saturated heterocycles. The van der Waals surface area contributed by atoms with E-state index in [9.17, 15) is 32.7 Å². The van der Waals surface area contributed by atoms with Crippen molar-refractivity contribution in [3.05, 3.63) is 71.4 Å². The number of rotatable bonds is 7. The lowest BCUT2D eigenvalue weighted by Crippen LogP contribution is -2.48. The number of anilines is 3. The molecule has 39 heavy (non-hydrogen) atoms. The number of aliphatic hydroxyl groups is 1. The highest BCUT2D eigenvalue weighted by Gasteiger charge is 2.40. The fourth-order valence-corrected chi connectivity index (χ4v) is 3.70. The lowest BCUT2D eigenvalue weighted by molar-refractivity contribution is -0.174. The van der Waals surface area contributed by atoms with Crippen LogP contribution in [0, 0.1) is 0 Å². The molecule has 204 valence electrons. The molecular weight excluding hydrogens is 521 g/mol. The Morgan fingerprint density at radius 2 is 1.82 bits per heavy atom. The lowest BCUT2D eigenvalue weighted by Gasteiger charge is -2.20. The summed E-state index contributed by atoms with van der Waals surface area (Å²) in [7, 11) is 0. The van der Waals surface area contributed by atoms with Gasteiger partial charge in [0.2, 0.25) is 11.7 Å². The minimum atomic E-state index is -5.21. The third-order valence-electron chi connectivity index (χ3n) is 5.67. The van der Waals surface area contributed by atoms with E-state index in [2.05, 4.69) is 20.6 Å². The monoisotopic (exact) mass is 544 g/mol. The molecule has 1 aromatic heterocycles. The highest BCUT2D eigenvalue weighted by atomic mass is 19.4. The number of carbonyl (C=O) groups excluding carboxylic acids is 3. The quantitative estimate of drug-likeness (QED) is 0.282. The molecule has 0 fully saturated rings. The normalized spacial score (nSPS) is 14.6. The molecule has 2 aromatic carbocycles. The Morgan fingerprint density at radius 1 is 1.10 bits per heavy atom. The number of aromatic nitrogens is 2. The number of alkyl halides is 3. The van der Waals surface area contributed by atoms with E-state index >= 15 is 0 Å². The largest absolute Gasteiger partial charge is 0.479 e. The Balaban J connectivity index is 1.62. The van der Waals surface area contributed by atoms with Gasteiger partial charge in [-0.25, -0.2) is 4.98 Å². The maximum atomic E-state index is 12.6. The molecule has 0 saturated carbocycles. The smallest absolute Gasteiger partial charge is 0.472 e. The summed E-state index contributed by atoms with van der Waals surface area (Å²) in [6.07, 6.45) is -4.18. The van der Waals surface area contributed by atoms with Gasteiger partial charge < -0.3 is 20.5 Å². The van der Waals surface area contributed by atoms with Crippen LogP contribution in [0.4, 0.5) is 30.6 Å². The van der Waals surface area contributed by atoms with Crippen LogP contribution < -0.4 is 26.2 Å². The first kappa shape index (κ1) is 27.3. The minimum absolute atomic E-state index is 0.0262. The Labute approximate surface area is 219 Å².